The second-order valence-electron chi connectivity index (χ2n) is 7.73. The lowest BCUT2D eigenvalue weighted by atomic mass is 10.2. The summed E-state index contributed by atoms with van der Waals surface area (Å²) in [6.45, 7) is 3.45. The van der Waals surface area contributed by atoms with Crippen LogP contribution in [0.3, 0.4) is 0 Å². The monoisotopic (exact) mass is 486 g/mol. The number of rotatable bonds is 4. The summed E-state index contributed by atoms with van der Waals surface area (Å²) in [6.07, 6.45) is 0.488. The Balaban J connectivity index is 1.25. The molecule has 2 aromatic carbocycles. The number of hydrogen-bond donors (Lipinski definition) is 2. The van der Waals surface area contributed by atoms with Crippen molar-refractivity contribution >= 4 is 38.2 Å². The van der Waals surface area contributed by atoms with Crippen molar-refractivity contribution in [2.75, 3.05) is 30.4 Å². The van der Waals surface area contributed by atoms with Gasteiger partial charge < -0.3 is 14.8 Å². The highest BCUT2D eigenvalue weighted by Gasteiger charge is 2.30. The normalized spacial score (nSPS) is 15.5. The van der Waals surface area contributed by atoms with E-state index in [1.165, 1.54) is 15.6 Å². The van der Waals surface area contributed by atoms with E-state index in [1.54, 1.807) is 42.5 Å². The van der Waals surface area contributed by atoms with Crippen LogP contribution in [0.4, 0.5) is 15.6 Å². The second kappa shape index (κ2) is 8.65. The number of nitrogens with one attached hydrogen (secondary N) is 2. The van der Waals surface area contributed by atoms with Gasteiger partial charge in [-0.1, -0.05) is 29.0 Å². The van der Waals surface area contributed by atoms with Gasteiger partial charge in [0.1, 0.15) is 13.2 Å². The van der Waals surface area contributed by atoms with Gasteiger partial charge in [-0.05, 0) is 31.2 Å². The molecular formula is C22H22N4O5S2. The number of aryl methyl sites for hydroxylation is 1. The molecule has 0 atom stereocenters. The predicted molar refractivity (Wildman–Crippen MR) is 125 cm³/mol. The summed E-state index contributed by atoms with van der Waals surface area (Å²) < 4.78 is 38.5. The van der Waals surface area contributed by atoms with Crippen LogP contribution in [0.15, 0.2) is 47.4 Å². The lowest BCUT2D eigenvalue weighted by molar-refractivity contribution is 0.171. The Labute approximate surface area is 195 Å². The third kappa shape index (κ3) is 4.52. The van der Waals surface area contributed by atoms with Crippen molar-refractivity contribution in [3.8, 4) is 11.5 Å². The Bertz CT molecular complexity index is 1300. The number of sulfonamides is 1. The number of hydrogen-bond acceptors (Lipinski definition) is 7. The van der Waals surface area contributed by atoms with E-state index in [1.807, 2.05) is 6.92 Å². The number of fused-ring (bicyclic) bond motifs is 2. The maximum absolute atomic E-state index is 13.0. The standard InChI is InChI=1S/C22H22N4O5S2/c1-14-2-5-16(6-3-14)33(28,29)26-9-8-17-20(13-26)32-22(24-17)25-21(27)23-15-4-7-18-19(12-15)31-11-10-30-18/h2-7,12H,8-11,13H2,1H3,(H2,23,24,25,27). The average molecular weight is 487 g/mol. The molecule has 0 unspecified atom stereocenters. The van der Waals surface area contributed by atoms with E-state index in [-0.39, 0.29) is 11.4 Å². The second-order valence-corrected chi connectivity index (χ2v) is 10.7. The fraction of sp³-hybridized carbons (Fsp3) is 0.273. The smallest absolute Gasteiger partial charge is 0.325 e. The Morgan fingerprint density at radius 1 is 1.06 bits per heavy atom. The highest BCUT2D eigenvalue weighted by atomic mass is 32.2. The molecule has 0 saturated heterocycles. The molecule has 2 aliphatic rings. The van der Waals surface area contributed by atoms with Crippen LogP contribution < -0.4 is 20.1 Å². The maximum Gasteiger partial charge on any atom is 0.325 e. The van der Waals surface area contributed by atoms with Crippen LogP contribution in [0, 0.1) is 6.92 Å². The largest absolute Gasteiger partial charge is 0.486 e. The summed E-state index contributed by atoms with van der Waals surface area (Å²) in [6, 6.07) is 11.6. The summed E-state index contributed by atoms with van der Waals surface area (Å²) in [7, 11) is -3.59. The SMILES string of the molecule is Cc1ccc(S(=O)(=O)N2CCc3nc(NC(=O)Nc4ccc5c(c4)OCCO5)sc3C2)cc1. The molecule has 3 aromatic rings. The molecule has 3 heterocycles. The zero-order valence-corrected chi connectivity index (χ0v) is 19.5. The van der Waals surface area contributed by atoms with E-state index in [0.717, 1.165) is 16.1 Å². The minimum absolute atomic E-state index is 0.231. The number of aromatic nitrogens is 1. The van der Waals surface area contributed by atoms with Crippen LogP contribution in [0.5, 0.6) is 11.5 Å². The maximum atomic E-state index is 13.0. The summed E-state index contributed by atoms with van der Waals surface area (Å²) in [4.78, 5) is 18.1. The molecule has 0 fully saturated rings. The van der Waals surface area contributed by atoms with Crippen LogP contribution in [0.25, 0.3) is 0 Å². The van der Waals surface area contributed by atoms with Crippen molar-refractivity contribution < 1.29 is 22.7 Å². The zero-order chi connectivity index (χ0) is 23.0. The number of carbonyl (C=O) groups is 1. The third-order valence-corrected chi connectivity index (χ3v) is 8.23. The molecule has 172 valence electrons. The summed E-state index contributed by atoms with van der Waals surface area (Å²) in [5, 5.41) is 5.91. The fourth-order valence-electron chi connectivity index (χ4n) is 3.67. The Kier molecular flexibility index (Phi) is 5.69. The van der Waals surface area contributed by atoms with Gasteiger partial charge in [0.05, 0.1) is 17.1 Å². The third-order valence-electron chi connectivity index (χ3n) is 5.38. The average Bonchev–Trinajstić information content (AvgIpc) is 3.20. The molecule has 0 spiro atoms. The minimum atomic E-state index is -3.59. The molecule has 2 N–H and O–H groups in total. The first kappa shape index (κ1) is 21.7. The number of anilines is 2. The Morgan fingerprint density at radius 2 is 1.82 bits per heavy atom. The van der Waals surface area contributed by atoms with Crippen LogP contribution in [-0.2, 0) is 23.0 Å². The van der Waals surface area contributed by atoms with E-state index in [0.29, 0.717) is 48.5 Å². The lowest BCUT2D eigenvalue weighted by Gasteiger charge is -2.25. The molecule has 0 bridgehead atoms. The van der Waals surface area contributed by atoms with Crippen molar-refractivity contribution in [1.82, 2.24) is 9.29 Å². The van der Waals surface area contributed by atoms with Crippen LogP contribution in [0.1, 0.15) is 16.1 Å². The summed E-state index contributed by atoms with van der Waals surface area (Å²) in [5.41, 5.74) is 2.38. The molecule has 2 amide bonds. The molecular weight excluding hydrogens is 464 g/mol. The van der Waals surface area contributed by atoms with Crippen molar-refractivity contribution in [2.24, 2.45) is 0 Å². The molecule has 11 heteroatoms. The van der Waals surface area contributed by atoms with Gasteiger partial charge in [-0.3, -0.25) is 5.32 Å². The predicted octanol–water partition coefficient (Wildman–Crippen LogP) is 3.61. The number of carbonyl (C=O) groups excluding carboxylic acids is 1. The molecule has 2 aliphatic heterocycles. The van der Waals surface area contributed by atoms with E-state index in [9.17, 15) is 13.2 Å². The van der Waals surface area contributed by atoms with Gasteiger partial charge in [-0.2, -0.15) is 4.31 Å². The van der Waals surface area contributed by atoms with Gasteiger partial charge in [0.15, 0.2) is 16.6 Å². The first-order valence-electron chi connectivity index (χ1n) is 10.4. The highest BCUT2D eigenvalue weighted by Crippen LogP contribution is 2.33. The summed E-state index contributed by atoms with van der Waals surface area (Å²) in [5.74, 6) is 1.23. The van der Waals surface area contributed by atoms with E-state index >= 15 is 0 Å². The van der Waals surface area contributed by atoms with Crippen molar-refractivity contribution in [1.29, 1.82) is 0 Å². The van der Waals surface area contributed by atoms with Gasteiger partial charge in [0.2, 0.25) is 10.0 Å². The molecule has 5 rings (SSSR count). The molecule has 9 nitrogen and oxygen atoms in total. The van der Waals surface area contributed by atoms with Gasteiger partial charge in [-0.25, -0.2) is 18.2 Å². The topological polar surface area (TPSA) is 110 Å². The Morgan fingerprint density at radius 3 is 2.61 bits per heavy atom. The fourth-order valence-corrected chi connectivity index (χ4v) is 6.18. The quantitative estimate of drug-likeness (QED) is 0.583. The number of amides is 2. The van der Waals surface area contributed by atoms with Crippen LogP contribution >= 0.6 is 11.3 Å². The molecule has 1 aromatic heterocycles. The minimum Gasteiger partial charge on any atom is -0.486 e. The van der Waals surface area contributed by atoms with Crippen LogP contribution in [-0.4, -0.2) is 43.5 Å². The number of ether oxygens (including phenoxy) is 2. The van der Waals surface area contributed by atoms with Gasteiger partial charge >= 0.3 is 6.03 Å². The zero-order valence-electron chi connectivity index (χ0n) is 17.8. The van der Waals surface area contributed by atoms with E-state index < -0.39 is 16.1 Å². The van der Waals surface area contributed by atoms with Crippen molar-refractivity contribution in [2.45, 2.75) is 24.8 Å². The first-order chi connectivity index (χ1) is 15.9. The molecule has 0 saturated carbocycles. The number of thiazole rings is 1. The van der Waals surface area contributed by atoms with Gasteiger partial charge in [-0.15, -0.1) is 0 Å². The molecule has 0 aliphatic carbocycles. The van der Waals surface area contributed by atoms with E-state index in [4.69, 9.17) is 9.47 Å². The molecule has 0 radical (unpaired) electrons. The first-order valence-corrected chi connectivity index (χ1v) is 12.7. The number of nitrogens with zero attached hydrogens (tertiary/aromatic N) is 2. The lowest BCUT2D eigenvalue weighted by Crippen LogP contribution is -2.35. The van der Waals surface area contributed by atoms with Crippen molar-refractivity contribution in [3.63, 3.8) is 0 Å². The Hall–Kier alpha value is -3.15. The van der Waals surface area contributed by atoms with E-state index in [2.05, 4.69) is 15.6 Å². The summed E-state index contributed by atoms with van der Waals surface area (Å²) >= 11 is 1.28. The van der Waals surface area contributed by atoms with Crippen LogP contribution in [0.2, 0.25) is 0 Å². The number of urea groups is 1. The van der Waals surface area contributed by atoms with Crippen molar-refractivity contribution in [3.05, 3.63) is 58.6 Å². The van der Waals surface area contributed by atoms with Gasteiger partial charge in [0, 0.05) is 29.6 Å². The molecule has 33 heavy (non-hydrogen) atoms. The highest BCUT2D eigenvalue weighted by molar-refractivity contribution is 7.89. The number of benzene rings is 2. The van der Waals surface area contributed by atoms with Gasteiger partial charge in [0.25, 0.3) is 0 Å².